The van der Waals surface area contributed by atoms with Crippen molar-refractivity contribution >= 4 is 17.9 Å². The highest BCUT2D eigenvalue weighted by Crippen LogP contribution is 2.00. The minimum absolute atomic E-state index is 0.0164. The topological polar surface area (TPSA) is 58.3 Å². The zero-order valence-electron chi connectivity index (χ0n) is 17.8. The molecule has 1 aliphatic heterocycles. The van der Waals surface area contributed by atoms with Crippen LogP contribution in [0.4, 0.5) is 0 Å². The lowest BCUT2D eigenvalue weighted by atomic mass is 10.1. The fourth-order valence-corrected chi connectivity index (χ4v) is 3.37. The first-order valence-electron chi connectivity index (χ1n) is 10.2. The van der Waals surface area contributed by atoms with Crippen molar-refractivity contribution in [1.29, 1.82) is 0 Å². The van der Waals surface area contributed by atoms with Crippen LogP contribution in [0.1, 0.15) is 26.3 Å². The van der Waals surface area contributed by atoms with Gasteiger partial charge in [0.2, 0.25) is 0 Å². The molecule has 1 aromatic carbocycles. The summed E-state index contributed by atoms with van der Waals surface area (Å²) in [7, 11) is 1.90. The Labute approximate surface area is 169 Å². The van der Waals surface area contributed by atoms with Crippen molar-refractivity contribution in [2.45, 2.75) is 26.3 Å². The van der Waals surface area contributed by atoms with E-state index in [4.69, 9.17) is 0 Å². The molecule has 6 nitrogen and oxygen atoms in total. The molecule has 2 rings (SSSR count). The Morgan fingerprint density at radius 2 is 1.79 bits per heavy atom. The lowest BCUT2D eigenvalue weighted by Gasteiger charge is -2.32. The average molecular weight is 389 g/mol. The van der Waals surface area contributed by atoms with Gasteiger partial charge in [-0.1, -0.05) is 36.4 Å². The molecule has 1 aliphatic rings. The molecule has 1 fully saturated rings. The third-order valence-electron chi connectivity index (χ3n) is 4.77. The molecular weight excluding hydrogens is 352 g/mol. The summed E-state index contributed by atoms with van der Waals surface area (Å²) >= 11 is 0. The number of piperazine rings is 1. The molecule has 3 N–H and O–H groups in total. The molecule has 0 radical (unpaired) electrons. The number of likely N-dealkylation sites (N-methyl/N-ethyl adjacent to an activating group) is 1. The number of amides is 2. The van der Waals surface area contributed by atoms with Gasteiger partial charge in [-0.15, -0.1) is 0 Å². The maximum absolute atomic E-state index is 12.5. The van der Waals surface area contributed by atoms with Gasteiger partial charge in [0.05, 0.1) is 39.8 Å². The molecule has 1 atom stereocenters. The van der Waals surface area contributed by atoms with E-state index in [-0.39, 0.29) is 17.4 Å². The quantitative estimate of drug-likeness (QED) is 0.553. The van der Waals surface area contributed by atoms with Crippen LogP contribution in [0.15, 0.2) is 36.4 Å². The highest BCUT2D eigenvalue weighted by molar-refractivity contribution is 5.79. The maximum atomic E-state index is 12.5. The number of hydrogen-bond donors (Lipinski definition) is 3. The average Bonchev–Trinajstić information content (AvgIpc) is 2.61. The van der Waals surface area contributed by atoms with E-state index in [1.54, 1.807) is 0 Å². The zero-order valence-corrected chi connectivity index (χ0v) is 17.8. The predicted molar refractivity (Wildman–Crippen MR) is 112 cm³/mol. The monoisotopic (exact) mass is 388 g/mol. The summed E-state index contributed by atoms with van der Waals surface area (Å²) in [5.74, 6) is 0.122. The molecule has 0 bridgehead atoms. The van der Waals surface area contributed by atoms with Crippen LogP contribution in [0.5, 0.6) is 0 Å². The van der Waals surface area contributed by atoms with Crippen LogP contribution in [0.2, 0.25) is 0 Å². The second kappa shape index (κ2) is 10.4. The van der Waals surface area contributed by atoms with E-state index in [0.29, 0.717) is 13.1 Å². The molecule has 1 aromatic rings. The Morgan fingerprint density at radius 3 is 2.39 bits per heavy atom. The van der Waals surface area contributed by atoms with Gasteiger partial charge >= 0.3 is 0 Å². The molecule has 0 saturated carbocycles. The van der Waals surface area contributed by atoms with Gasteiger partial charge in [-0.05, 0) is 32.4 Å². The van der Waals surface area contributed by atoms with Gasteiger partial charge in [0.1, 0.15) is 0 Å². The summed E-state index contributed by atoms with van der Waals surface area (Å²) in [6.45, 7) is 11.0. The van der Waals surface area contributed by atoms with E-state index < -0.39 is 0 Å². The third kappa shape index (κ3) is 8.23. The molecule has 154 valence electrons. The van der Waals surface area contributed by atoms with E-state index in [1.165, 1.54) is 10.5 Å². The number of quaternary nitrogens is 2. The van der Waals surface area contributed by atoms with Crippen molar-refractivity contribution in [3.8, 4) is 0 Å². The fourth-order valence-electron chi connectivity index (χ4n) is 3.37. The first-order valence-corrected chi connectivity index (χ1v) is 10.2. The molecule has 0 spiro atoms. The van der Waals surface area contributed by atoms with Gasteiger partial charge in [-0.3, -0.25) is 9.59 Å². The predicted octanol–water partition coefficient (Wildman–Crippen LogP) is -1.14. The van der Waals surface area contributed by atoms with Gasteiger partial charge in [-0.2, -0.15) is 0 Å². The van der Waals surface area contributed by atoms with E-state index in [0.717, 1.165) is 37.6 Å². The number of hydrogen-bond acceptors (Lipinski definition) is 2. The third-order valence-corrected chi connectivity index (χ3v) is 4.77. The van der Waals surface area contributed by atoms with Crippen LogP contribution >= 0.6 is 0 Å². The van der Waals surface area contributed by atoms with Crippen LogP contribution in [0.3, 0.4) is 0 Å². The Morgan fingerprint density at radius 1 is 1.14 bits per heavy atom. The van der Waals surface area contributed by atoms with Gasteiger partial charge in [-0.25, -0.2) is 0 Å². The lowest BCUT2D eigenvalue weighted by molar-refractivity contribution is -0.898. The van der Waals surface area contributed by atoms with Gasteiger partial charge in [0, 0.05) is 5.54 Å². The molecule has 2 amide bonds. The number of nitrogens with one attached hydrogen (secondary N) is 3. The standard InChI is InChI=1S/C22H34N4O2/c1-22(2,3)23-20(27)17-24(4)18-21(28)26-15-13-25(14-16-26)12-8-11-19-9-6-5-7-10-19/h5-11H,12-18H2,1-4H3,(H,23,27)/p+2/b11-8+. The highest BCUT2D eigenvalue weighted by Gasteiger charge is 2.26. The van der Waals surface area contributed by atoms with Crippen molar-refractivity contribution in [3.63, 3.8) is 0 Å². The van der Waals surface area contributed by atoms with E-state index in [1.807, 2.05) is 50.9 Å². The van der Waals surface area contributed by atoms with Crippen molar-refractivity contribution in [1.82, 2.24) is 10.2 Å². The molecule has 0 aromatic heterocycles. The normalized spacial score (nSPS) is 16.9. The molecule has 1 heterocycles. The van der Waals surface area contributed by atoms with Crippen LogP contribution < -0.4 is 15.1 Å². The fraction of sp³-hybridized carbons (Fsp3) is 0.545. The van der Waals surface area contributed by atoms with Crippen LogP contribution in [-0.4, -0.2) is 75.1 Å². The van der Waals surface area contributed by atoms with Gasteiger partial charge < -0.3 is 20.0 Å². The number of benzene rings is 1. The smallest absolute Gasteiger partial charge is 0.278 e. The lowest BCUT2D eigenvalue weighted by Crippen LogP contribution is -3.15. The van der Waals surface area contributed by atoms with Crippen molar-refractivity contribution < 1.29 is 19.4 Å². The molecule has 1 unspecified atom stereocenters. The van der Waals surface area contributed by atoms with Gasteiger partial charge in [0.25, 0.3) is 11.8 Å². The zero-order chi connectivity index (χ0) is 20.6. The van der Waals surface area contributed by atoms with E-state index in [9.17, 15) is 9.59 Å². The molecule has 0 aliphatic carbocycles. The van der Waals surface area contributed by atoms with Crippen molar-refractivity contribution in [3.05, 3.63) is 42.0 Å². The molecule has 1 saturated heterocycles. The number of nitrogens with zero attached hydrogens (tertiary/aromatic N) is 1. The van der Waals surface area contributed by atoms with E-state index >= 15 is 0 Å². The minimum Gasteiger partial charge on any atom is -0.347 e. The molecular formula is C22H36N4O2+2. The number of carbonyl (C=O) groups is 2. The summed E-state index contributed by atoms with van der Waals surface area (Å²) in [5, 5.41) is 2.95. The summed E-state index contributed by atoms with van der Waals surface area (Å²) in [6, 6.07) is 10.3. The molecule has 6 heteroatoms. The Bertz CT molecular complexity index is 659. The van der Waals surface area contributed by atoms with Crippen LogP contribution in [-0.2, 0) is 9.59 Å². The second-order valence-electron chi connectivity index (χ2n) is 8.76. The Hall–Kier alpha value is -2.18. The van der Waals surface area contributed by atoms with Gasteiger partial charge in [0.15, 0.2) is 13.1 Å². The summed E-state index contributed by atoms with van der Waals surface area (Å²) < 4.78 is 0. The first-order chi connectivity index (χ1) is 13.2. The van der Waals surface area contributed by atoms with Crippen molar-refractivity contribution in [2.24, 2.45) is 0 Å². The molecule has 28 heavy (non-hydrogen) atoms. The first kappa shape index (κ1) is 22.1. The largest absolute Gasteiger partial charge is 0.347 e. The van der Waals surface area contributed by atoms with Crippen LogP contribution in [0.25, 0.3) is 6.08 Å². The Balaban J connectivity index is 1.68. The number of carbonyl (C=O) groups excluding carboxylic acids is 2. The maximum Gasteiger partial charge on any atom is 0.278 e. The van der Waals surface area contributed by atoms with E-state index in [2.05, 4.69) is 29.6 Å². The summed E-state index contributed by atoms with van der Waals surface area (Å²) in [4.78, 5) is 28.9. The summed E-state index contributed by atoms with van der Waals surface area (Å²) in [6.07, 6.45) is 4.37. The summed E-state index contributed by atoms with van der Waals surface area (Å²) in [5.41, 5.74) is 0.979. The van der Waals surface area contributed by atoms with Crippen molar-refractivity contribution in [2.75, 3.05) is 52.9 Å². The Kier molecular flexibility index (Phi) is 8.20. The highest BCUT2D eigenvalue weighted by atomic mass is 16.2. The number of rotatable bonds is 7. The SMILES string of the molecule is C[NH+](CC(=O)NC(C)(C)C)CC(=O)N1CC[NH+](C/C=C/c2ccccc2)CC1. The minimum atomic E-state index is -0.241. The second-order valence-corrected chi connectivity index (χ2v) is 8.76. The van der Waals surface area contributed by atoms with Crippen LogP contribution in [0, 0.1) is 0 Å².